The highest BCUT2D eigenvalue weighted by Gasteiger charge is 2.42. The number of para-hydroxylation sites is 2. The Morgan fingerprint density at radius 2 is 1.31 bits per heavy atom. The van der Waals surface area contributed by atoms with Gasteiger partial charge in [0, 0.05) is 20.7 Å². The minimum Gasteiger partial charge on any atom is -0.441 e. The van der Waals surface area contributed by atoms with Crippen molar-refractivity contribution in [1.82, 2.24) is 0 Å². The zero-order valence-corrected chi connectivity index (χ0v) is 18.0. The molecule has 2 nitrogen and oxygen atoms in total. The van der Waals surface area contributed by atoms with Crippen molar-refractivity contribution in [3.8, 4) is 10.4 Å². The van der Waals surface area contributed by atoms with Crippen LogP contribution in [0.2, 0.25) is 0 Å². The number of rotatable bonds is 2. The fourth-order valence-corrected chi connectivity index (χ4v) is 6.28. The van der Waals surface area contributed by atoms with E-state index in [-0.39, 0.29) is 6.85 Å². The molecule has 4 heteroatoms. The van der Waals surface area contributed by atoms with Gasteiger partial charge in [0.25, 0.3) is 0 Å². The van der Waals surface area contributed by atoms with E-state index in [1.165, 1.54) is 36.8 Å². The van der Waals surface area contributed by atoms with Gasteiger partial charge in [-0.25, -0.2) is 0 Å². The molecule has 0 saturated heterocycles. The molecule has 1 aliphatic heterocycles. The number of hydrogen-bond donors (Lipinski definition) is 0. The van der Waals surface area contributed by atoms with E-state index in [0.29, 0.717) is 0 Å². The third-order valence-electron chi connectivity index (χ3n) is 6.34. The van der Waals surface area contributed by atoms with Crippen molar-refractivity contribution in [1.29, 1.82) is 0 Å². The molecule has 0 amide bonds. The Labute approximate surface area is 190 Å². The molecule has 6 aromatic rings. The molecular formula is C28H18BNOS. The number of nitrogens with zero attached hydrogens (tertiary/aromatic N) is 1. The first-order valence-electron chi connectivity index (χ1n) is 10.8. The molecule has 4 aromatic carbocycles. The summed E-state index contributed by atoms with van der Waals surface area (Å²) in [5.74, 6) is 0.922. The second kappa shape index (κ2) is 6.88. The fourth-order valence-electron chi connectivity index (χ4n) is 5.00. The van der Waals surface area contributed by atoms with E-state index in [1.807, 2.05) is 17.4 Å². The van der Waals surface area contributed by atoms with E-state index >= 15 is 0 Å². The number of benzene rings is 4. The summed E-state index contributed by atoms with van der Waals surface area (Å²) in [7, 11) is 0. The maximum absolute atomic E-state index is 6.59. The normalized spacial score (nSPS) is 12.9. The van der Waals surface area contributed by atoms with Gasteiger partial charge in [0.2, 0.25) is 0 Å². The molecule has 0 atom stereocenters. The molecule has 0 aliphatic carbocycles. The number of anilines is 2. The average molecular weight is 427 g/mol. The van der Waals surface area contributed by atoms with E-state index < -0.39 is 0 Å². The summed E-state index contributed by atoms with van der Waals surface area (Å²) in [6.45, 7) is 0.0258. The molecule has 1 aliphatic rings. The van der Waals surface area contributed by atoms with Crippen LogP contribution in [0.1, 0.15) is 0 Å². The zero-order valence-electron chi connectivity index (χ0n) is 17.2. The van der Waals surface area contributed by atoms with Crippen LogP contribution in [0.3, 0.4) is 0 Å². The molecule has 0 unspecified atom stereocenters. The van der Waals surface area contributed by atoms with Crippen LogP contribution in [0, 0.1) is 0 Å². The summed E-state index contributed by atoms with van der Waals surface area (Å²) >= 11 is 1.87. The summed E-state index contributed by atoms with van der Waals surface area (Å²) in [6, 6.07) is 38.6. The van der Waals surface area contributed by atoms with Crippen molar-refractivity contribution >= 4 is 61.7 Å². The SMILES string of the molecule is c1ccc(B2c3c(sc4ccccc34)-c3c(oc4ccccc34)N2c2ccccc2)cc1. The molecule has 3 heterocycles. The van der Waals surface area contributed by atoms with E-state index in [4.69, 9.17) is 4.42 Å². The Hall–Kier alpha value is -3.76. The van der Waals surface area contributed by atoms with Crippen LogP contribution in [0.15, 0.2) is 114 Å². The lowest BCUT2D eigenvalue weighted by molar-refractivity contribution is 0.625. The molecule has 32 heavy (non-hydrogen) atoms. The van der Waals surface area contributed by atoms with Crippen molar-refractivity contribution < 1.29 is 4.42 Å². The summed E-state index contributed by atoms with van der Waals surface area (Å²) in [5.41, 5.74) is 5.87. The highest BCUT2D eigenvalue weighted by Crippen LogP contribution is 2.49. The van der Waals surface area contributed by atoms with Crippen LogP contribution in [-0.4, -0.2) is 6.85 Å². The molecule has 0 spiro atoms. The van der Waals surface area contributed by atoms with Gasteiger partial charge in [-0.15, -0.1) is 11.3 Å². The maximum atomic E-state index is 6.59. The zero-order chi connectivity index (χ0) is 21.1. The Bertz CT molecular complexity index is 1590. The molecular weight excluding hydrogens is 409 g/mol. The molecule has 0 N–H and O–H groups in total. The lowest BCUT2D eigenvalue weighted by Crippen LogP contribution is -2.56. The van der Waals surface area contributed by atoms with Crippen molar-refractivity contribution in [3.63, 3.8) is 0 Å². The number of hydrogen-bond acceptors (Lipinski definition) is 3. The number of furan rings is 1. The van der Waals surface area contributed by atoms with Gasteiger partial charge >= 0.3 is 6.85 Å². The number of fused-ring (bicyclic) bond motifs is 7. The second-order valence-electron chi connectivity index (χ2n) is 8.14. The van der Waals surface area contributed by atoms with Crippen LogP contribution >= 0.6 is 11.3 Å². The van der Waals surface area contributed by atoms with E-state index in [1.54, 1.807) is 0 Å². The van der Waals surface area contributed by atoms with Gasteiger partial charge in [-0.05, 0) is 35.1 Å². The van der Waals surface area contributed by atoms with Gasteiger partial charge < -0.3 is 9.23 Å². The lowest BCUT2D eigenvalue weighted by atomic mass is 9.46. The minimum absolute atomic E-state index is 0.0258. The third-order valence-corrected chi connectivity index (χ3v) is 7.54. The Morgan fingerprint density at radius 1 is 0.656 bits per heavy atom. The molecule has 0 fully saturated rings. The summed E-state index contributed by atoms with van der Waals surface area (Å²) in [5, 5.41) is 2.49. The van der Waals surface area contributed by atoms with Gasteiger partial charge in [0.1, 0.15) is 5.58 Å². The molecule has 0 radical (unpaired) electrons. The van der Waals surface area contributed by atoms with E-state index in [9.17, 15) is 0 Å². The third kappa shape index (κ3) is 2.47. The molecule has 0 saturated carbocycles. The van der Waals surface area contributed by atoms with Crippen molar-refractivity contribution in [2.75, 3.05) is 4.81 Å². The van der Waals surface area contributed by atoms with Crippen molar-refractivity contribution in [3.05, 3.63) is 109 Å². The molecule has 2 aromatic heterocycles. The Kier molecular flexibility index (Phi) is 3.84. The summed E-state index contributed by atoms with van der Waals surface area (Å²) < 4.78 is 7.90. The smallest absolute Gasteiger partial charge is 0.333 e. The first-order valence-corrected chi connectivity index (χ1v) is 11.6. The van der Waals surface area contributed by atoms with Crippen LogP contribution in [0.4, 0.5) is 11.6 Å². The van der Waals surface area contributed by atoms with Crippen LogP contribution in [-0.2, 0) is 0 Å². The van der Waals surface area contributed by atoms with Gasteiger partial charge in [-0.1, -0.05) is 90.4 Å². The van der Waals surface area contributed by atoms with Gasteiger partial charge in [0.15, 0.2) is 5.88 Å². The van der Waals surface area contributed by atoms with Crippen LogP contribution in [0.25, 0.3) is 31.5 Å². The maximum Gasteiger partial charge on any atom is 0.333 e. The van der Waals surface area contributed by atoms with Gasteiger partial charge in [0.05, 0.1) is 5.56 Å². The monoisotopic (exact) mass is 427 g/mol. The highest BCUT2D eigenvalue weighted by molar-refractivity contribution is 7.25. The molecule has 0 bridgehead atoms. The quantitative estimate of drug-likeness (QED) is 0.291. The van der Waals surface area contributed by atoms with Crippen LogP contribution < -0.4 is 15.7 Å². The van der Waals surface area contributed by atoms with Gasteiger partial charge in [-0.3, -0.25) is 0 Å². The lowest BCUT2D eigenvalue weighted by Gasteiger charge is -2.34. The van der Waals surface area contributed by atoms with Crippen molar-refractivity contribution in [2.45, 2.75) is 0 Å². The largest absolute Gasteiger partial charge is 0.441 e. The average Bonchev–Trinajstić information content (AvgIpc) is 3.43. The predicted octanol–water partition coefficient (Wildman–Crippen LogP) is 6.57. The minimum atomic E-state index is 0.0258. The topological polar surface area (TPSA) is 16.4 Å². The van der Waals surface area contributed by atoms with E-state index in [2.05, 4.69) is 108 Å². The van der Waals surface area contributed by atoms with Gasteiger partial charge in [-0.2, -0.15) is 0 Å². The van der Waals surface area contributed by atoms with Crippen molar-refractivity contribution in [2.24, 2.45) is 0 Å². The Balaban J connectivity index is 1.66. The summed E-state index contributed by atoms with van der Waals surface area (Å²) in [4.78, 5) is 3.69. The molecule has 7 rings (SSSR count). The standard InChI is InChI=1S/C28H18BNOS/c1-3-11-19(12-4-1)29-26-22-16-8-10-18-24(22)32-27(26)25-21-15-7-9-17-23(21)31-28(25)30(29)20-13-5-2-6-14-20/h1-18H. The number of thiophene rings is 1. The first-order chi connectivity index (χ1) is 15.9. The summed E-state index contributed by atoms with van der Waals surface area (Å²) in [6.07, 6.45) is 0. The second-order valence-corrected chi connectivity index (χ2v) is 9.19. The fraction of sp³-hybridized carbons (Fsp3) is 0. The van der Waals surface area contributed by atoms with E-state index in [0.717, 1.165) is 17.2 Å². The highest BCUT2D eigenvalue weighted by atomic mass is 32.1. The Morgan fingerprint density at radius 3 is 2.12 bits per heavy atom. The predicted molar refractivity (Wildman–Crippen MR) is 137 cm³/mol. The first kappa shape index (κ1) is 17.9. The van der Waals surface area contributed by atoms with Crippen LogP contribution in [0.5, 0.6) is 0 Å². The molecule has 150 valence electrons.